The predicted molar refractivity (Wildman–Crippen MR) is 131 cm³/mol. The average molecular weight is 498 g/mol. The van der Waals surface area contributed by atoms with E-state index in [1.54, 1.807) is 56.3 Å². The van der Waals surface area contributed by atoms with Gasteiger partial charge in [-0.25, -0.2) is 0 Å². The first kappa shape index (κ1) is 26.6. The number of hydrogen-bond donors (Lipinski definition) is 2. The molecule has 0 unspecified atom stereocenters. The predicted octanol–water partition coefficient (Wildman–Crippen LogP) is 6.47. The van der Waals surface area contributed by atoms with Crippen molar-refractivity contribution < 1.29 is 27.6 Å². The Balaban J connectivity index is 0.000000392. The number of rotatable bonds is 6. The van der Waals surface area contributed by atoms with Crippen LogP contribution in [-0.2, 0) is 11.0 Å². The maximum atomic E-state index is 13.8. The van der Waals surface area contributed by atoms with Crippen molar-refractivity contribution in [2.24, 2.45) is 0 Å². The minimum absolute atomic E-state index is 0.0423. The van der Waals surface area contributed by atoms with E-state index in [0.717, 1.165) is 17.2 Å². The molecule has 0 bridgehead atoms. The zero-order chi connectivity index (χ0) is 26.3. The highest BCUT2D eigenvalue weighted by atomic mass is 19.4. The highest BCUT2D eigenvalue weighted by Gasteiger charge is 2.34. The number of aromatic nitrogens is 2. The van der Waals surface area contributed by atoms with Gasteiger partial charge in [0.1, 0.15) is 6.04 Å². The van der Waals surface area contributed by atoms with Crippen molar-refractivity contribution in [3.63, 3.8) is 0 Å². The molecule has 0 aliphatic rings. The van der Waals surface area contributed by atoms with Crippen LogP contribution in [0.3, 0.4) is 0 Å². The summed E-state index contributed by atoms with van der Waals surface area (Å²) >= 11 is 0. The highest BCUT2D eigenvalue weighted by Crippen LogP contribution is 2.40. The first-order valence-corrected chi connectivity index (χ1v) is 11.2. The molecule has 4 rings (SSSR count). The number of carboxylic acid groups (broad SMARTS) is 1. The fraction of sp³-hybridized carbons (Fsp3) is 0.222. The number of benzene rings is 3. The van der Waals surface area contributed by atoms with Crippen LogP contribution < -0.4 is 5.32 Å². The molecule has 0 saturated carbocycles. The Labute approximate surface area is 206 Å². The molecular weight excluding hydrogens is 471 g/mol. The van der Waals surface area contributed by atoms with Gasteiger partial charge in [0.15, 0.2) is 0 Å². The molecule has 0 spiro atoms. The normalized spacial score (nSPS) is 11.9. The molecular formula is C27H26F3N3O3. The number of carbonyl (C=O) groups is 1. The van der Waals surface area contributed by atoms with Crippen molar-refractivity contribution in [2.75, 3.05) is 6.54 Å². The third-order valence-electron chi connectivity index (χ3n) is 5.35. The summed E-state index contributed by atoms with van der Waals surface area (Å²) in [5.41, 5.74) is 1.64. The number of nitrogens with zero attached hydrogens (tertiary/aromatic N) is 2. The molecule has 188 valence electrons. The second-order valence-electron chi connectivity index (χ2n) is 7.98. The fourth-order valence-corrected chi connectivity index (χ4v) is 3.46. The highest BCUT2D eigenvalue weighted by molar-refractivity contribution is 5.74. The van der Waals surface area contributed by atoms with Gasteiger partial charge in [-0.1, -0.05) is 72.7 Å². The minimum atomic E-state index is -4.52. The zero-order valence-corrected chi connectivity index (χ0v) is 20.0. The largest absolute Gasteiger partial charge is 0.480 e. The molecule has 36 heavy (non-hydrogen) atoms. The van der Waals surface area contributed by atoms with Crippen LogP contribution in [0.5, 0.6) is 0 Å². The molecule has 3 aromatic carbocycles. The van der Waals surface area contributed by atoms with Gasteiger partial charge in [-0.2, -0.15) is 18.2 Å². The Morgan fingerprint density at radius 1 is 1.00 bits per heavy atom. The minimum Gasteiger partial charge on any atom is -0.480 e. The molecule has 9 heteroatoms. The summed E-state index contributed by atoms with van der Waals surface area (Å²) in [4.78, 5) is 14.3. The summed E-state index contributed by atoms with van der Waals surface area (Å²) in [7, 11) is 0. The summed E-state index contributed by atoms with van der Waals surface area (Å²) in [6, 6.07) is 19.8. The number of hydrogen-bond acceptors (Lipinski definition) is 5. The SMILES string of the molecule is CCN[C@@H](C)C(=O)O.Cc1ccccc1-c1ccc(-c2nc(-c3ccccc3)no2)cc1C(F)(F)F. The number of likely N-dealkylation sites (N-methyl/N-ethyl adjacent to an activating group) is 1. The third-order valence-corrected chi connectivity index (χ3v) is 5.35. The third kappa shape index (κ3) is 6.57. The molecule has 0 saturated heterocycles. The van der Waals surface area contributed by atoms with E-state index >= 15 is 0 Å². The summed E-state index contributed by atoms with van der Waals surface area (Å²) < 4.78 is 46.5. The summed E-state index contributed by atoms with van der Waals surface area (Å²) in [6.45, 7) is 5.98. The average Bonchev–Trinajstić information content (AvgIpc) is 3.35. The molecule has 0 fully saturated rings. The van der Waals surface area contributed by atoms with Gasteiger partial charge in [0.2, 0.25) is 5.82 Å². The molecule has 0 amide bonds. The fourth-order valence-electron chi connectivity index (χ4n) is 3.46. The molecule has 6 nitrogen and oxygen atoms in total. The van der Waals surface area contributed by atoms with Gasteiger partial charge in [0.25, 0.3) is 5.89 Å². The molecule has 1 aromatic heterocycles. The maximum absolute atomic E-state index is 13.8. The number of alkyl halides is 3. The first-order chi connectivity index (χ1) is 17.1. The summed E-state index contributed by atoms with van der Waals surface area (Å²) in [5, 5.41) is 14.9. The number of halogens is 3. The quantitative estimate of drug-likeness (QED) is 0.318. The van der Waals surface area contributed by atoms with Gasteiger partial charge >= 0.3 is 12.1 Å². The van der Waals surface area contributed by atoms with Gasteiger partial charge in [0.05, 0.1) is 5.56 Å². The van der Waals surface area contributed by atoms with Crippen molar-refractivity contribution in [3.05, 3.63) is 83.9 Å². The van der Waals surface area contributed by atoms with Gasteiger partial charge in [-0.3, -0.25) is 4.79 Å². The smallest absolute Gasteiger partial charge is 0.417 e. The van der Waals surface area contributed by atoms with E-state index in [2.05, 4.69) is 15.5 Å². The van der Waals surface area contributed by atoms with Crippen LogP contribution >= 0.6 is 0 Å². The monoisotopic (exact) mass is 497 g/mol. The molecule has 2 N–H and O–H groups in total. The Bertz CT molecular complexity index is 1300. The Morgan fingerprint density at radius 2 is 1.67 bits per heavy atom. The van der Waals surface area contributed by atoms with E-state index in [1.165, 1.54) is 6.07 Å². The molecule has 1 atom stereocenters. The van der Waals surface area contributed by atoms with Crippen LogP contribution in [0.15, 0.2) is 77.3 Å². The Kier molecular flexibility index (Phi) is 8.60. The lowest BCUT2D eigenvalue weighted by molar-refractivity contribution is -0.139. The lowest BCUT2D eigenvalue weighted by atomic mass is 9.94. The topological polar surface area (TPSA) is 88.2 Å². The lowest BCUT2D eigenvalue weighted by Crippen LogP contribution is -2.33. The number of aryl methyl sites for hydroxylation is 1. The number of nitrogens with one attached hydrogen (secondary N) is 1. The zero-order valence-electron chi connectivity index (χ0n) is 20.0. The second kappa shape index (κ2) is 11.6. The van der Waals surface area contributed by atoms with Crippen LogP contribution in [0, 0.1) is 6.92 Å². The Hall–Kier alpha value is -3.98. The van der Waals surface area contributed by atoms with E-state index in [1.807, 2.05) is 25.1 Å². The van der Waals surface area contributed by atoms with Gasteiger partial charge in [0, 0.05) is 11.1 Å². The maximum Gasteiger partial charge on any atom is 0.417 e. The van der Waals surface area contributed by atoms with Crippen molar-refractivity contribution in [2.45, 2.75) is 33.0 Å². The summed E-state index contributed by atoms with van der Waals surface area (Å²) in [5.74, 6) is -0.431. The van der Waals surface area contributed by atoms with E-state index in [0.29, 0.717) is 17.9 Å². The van der Waals surface area contributed by atoms with E-state index < -0.39 is 23.8 Å². The van der Waals surface area contributed by atoms with E-state index in [4.69, 9.17) is 9.63 Å². The van der Waals surface area contributed by atoms with E-state index in [9.17, 15) is 18.0 Å². The van der Waals surface area contributed by atoms with Crippen LogP contribution in [-0.4, -0.2) is 33.8 Å². The summed E-state index contributed by atoms with van der Waals surface area (Å²) in [6.07, 6.45) is -4.52. The van der Waals surface area contributed by atoms with Crippen LogP contribution in [0.1, 0.15) is 25.0 Å². The van der Waals surface area contributed by atoms with Crippen molar-refractivity contribution in [1.82, 2.24) is 15.5 Å². The number of carboxylic acids is 1. The van der Waals surface area contributed by atoms with Crippen LogP contribution in [0.2, 0.25) is 0 Å². The van der Waals surface area contributed by atoms with Crippen LogP contribution in [0.25, 0.3) is 34.0 Å². The van der Waals surface area contributed by atoms with Crippen molar-refractivity contribution in [3.8, 4) is 34.0 Å². The van der Waals surface area contributed by atoms with Crippen molar-refractivity contribution >= 4 is 5.97 Å². The standard InChI is InChI=1S/C22H15F3N2O.C5H11NO2/c1-14-7-5-6-10-17(14)18-12-11-16(13-19(18)22(23,24)25)21-26-20(27-28-21)15-8-3-2-4-9-15;1-3-6-4(2)5(7)8/h2-13H,1H3;4,6H,3H2,1-2H3,(H,7,8)/t;4-/m.0/s1. The van der Waals surface area contributed by atoms with E-state index in [-0.39, 0.29) is 17.0 Å². The Morgan fingerprint density at radius 3 is 2.25 bits per heavy atom. The molecule has 0 aliphatic carbocycles. The lowest BCUT2D eigenvalue weighted by Gasteiger charge is -2.15. The molecule has 0 radical (unpaired) electrons. The second-order valence-corrected chi connectivity index (χ2v) is 7.98. The molecule has 0 aliphatic heterocycles. The van der Waals surface area contributed by atoms with Gasteiger partial charge in [-0.15, -0.1) is 0 Å². The van der Waals surface area contributed by atoms with Gasteiger partial charge in [-0.05, 0) is 49.2 Å². The molecule has 1 heterocycles. The van der Waals surface area contributed by atoms with Crippen LogP contribution in [0.4, 0.5) is 13.2 Å². The van der Waals surface area contributed by atoms with Gasteiger partial charge < -0.3 is 14.9 Å². The van der Waals surface area contributed by atoms with Crippen molar-refractivity contribution in [1.29, 1.82) is 0 Å². The first-order valence-electron chi connectivity index (χ1n) is 11.2. The molecule has 4 aromatic rings. The number of aliphatic carboxylic acids is 1.